The largest absolute Gasteiger partial charge is 0.309 e. The maximum atomic E-state index is 13.0. The van der Waals surface area contributed by atoms with Gasteiger partial charge in [-0.05, 0) is 29.7 Å². The highest BCUT2D eigenvalue weighted by Gasteiger charge is 2.37. The lowest BCUT2D eigenvalue weighted by atomic mass is 10.1. The summed E-state index contributed by atoms with van der Waals surface area (Å²) in [7, 11) is 0. The van der Waals surface area contributed by atoms with Gasteiger partial charge in [-0.3, -0.25) is 0 Å². The molecule has 0 aliphatic heterocycles. The van der Waals surface area contributed by atoms with Crippen molar-refractivity contribution in [3.63, 3.8) is 0 Å². The Balaban J connectivity index is 1.56. The normalized spacial score (nSPS) is 21.4. The summed E-state index contributed by atoms with van der Waals surface area (Å²) in [5.41, 5.74) is 2.40. The number of hydrogen-bond acceptors (Lipinski definition) is 1. The van der Waals surface area contributed by atoms with Gasteiger partial charge >= 0.3 is 0 Å². The van der Waals surface area contributed by atoms with Gasteiger partial charge in [0.2, 0.25) is 0 Å². The first-order valence-electron chi connectivity index (χ1n) is 6.46. The van der Waals surface area contributed by atoms with Gasteiger partial charge in [0.1, 0.15) is 5.82 Å². The number of nitrogens with one attached hydrogen (secondary N) is 1. The number of halogens is 2. The van der Waals surface area contributed by atoms with Gasteiger partial charge in [0.15, 0.2) is 0 Å². The zero-order chi connectivity index (χ0) is 13.2. The molecule has 1 aliphatic carbocycles. The van der Waals surface area contributed by atoms with Crippen LogP contribution in [0.25, 0.3) is 0 Å². The van der Waals surface area contributed by atoms with E-state index >= 15 is 0 Å². The van der Waals surface area contributed by atoms with E-state index in [2.05, 4.69) is 29.6 Å². The van der Waals surface area contributed by atoms with E-state index in [1.165, 1.54) is 18.1 Å². The first-order chi connectivity index (χ1) is 9.24. The lowest BCUT2D eigenvalue weighted by Gasteiger charge is -2.05. The van der Waals surface area contributed by atoms with E-state index in [1.54, 1.807) is 12.1 Å². The SMILES string of the molecule is Fc1ccc(CNC2CC2c2ccccc2)cc1Cl. The Bertz CT molecular complexity index is 570. The van der Waals surface area contributed by atoms with Crippen molar-refractivity contribution in [2.24, 2.45) is 0 Å². The van der Waals surface area contributed by atoms with Crippen LogP contribution in [0.4, 0.5) is 4.39 Å². The van der Waals surface area contributed by atoms with Crippen LogP contribution in [-0.4, -0.2) is 6.04 Å². The van der Waals surface area contributed by atoms with E-state index in [0.717, 1.165) is 12.1 Å². The summed E-state index contributed by atoms with van der Waals surface area (Å²) in [5.74, 6) is 0.246. The van der Waals surface area contributed by atoms with Crippen molar-refractivity contribution < 1.29 is 4.39 Å². The fourth-order valence-electron chi connectivity index (χ4n) is 2.39. The van der Waals surface area contributed by atoms with E-state index < -0.39 is 0 Å². The Kier molecular flexibility index (Phi) is 3.54. The molecule has 1 nitrogen and oxygen atoms in total. The molecule has 19 heavy (non-hydrogen) atoms. The first kappa shape index (κ1) is 12.6. The Morgan fingerprint density at radius 3 is 2.68 bits per heavy atom. The molecule has 0 amide bonds. The molecule has 2 atom stereocenters. The fourth-order valence-corrected chi connectivity index (χ4v) is 2.59. The van der Waals surface area contributed by atoms with E-state index in [4.69, 9.17) is 11.6 Å². The first-order valence-corrected chi connectivity index (χ1v) is 6.84. The topological polar surface area (TPSA) is 12.0 Å². The maximum Gasteiger partial charge on any atom is 0.141 e. The molecule has 0 radical (unpaired) electrons. The predicted molar refractivity (Wildman–Crippen MR) is 75.8 cm³/mol. The molecule has 0 spiro atoms. The van der Waals surface area contributed by atoms with Crippen LogP contribution in [-0.2, 0) is 6.54 Å². The summed E-state index contributed by atoms with van der Waals surface area (Å²) in [6.07, 6.45) is 1.17. The van der Waals surface area contributed by atoms with Crippen LogP contribution in [0.1, 0.15) is 23.5 Å². The summed E-state index contributed by atoms with van der Waals surface area (Å²) < 4.78 is 13.0. The molecule has 0 saturated heterocycles. The number of rotatable bonds is 4. The van der Waals surface area contributed by atoms with Crippen LogP contribution >= 0.6 is 11.6 Å². The predicted octanol–water partition coefficient (Wildman–Crippen LogP) is 4.12. The van der Waals surface area contributed by atoms with Crippen LogP contribution < -0.4 is 5.32 Å². The van der Waals surface area contributed by atoms with Crippen molar-refractivity contribution in [3.05, 3.63) is 70.5 Å². The minimum Gasteiger partial charge on any atom is -0.309 e. The molecule has 1 fully saturated rings. The van der Waals surface area contributed by atoms with Crippen molar-refractivity contribution >= 4 is 11.6 Å². The van der Waals surface area contributed by atoms with Crippen molar-refractivity contribution in [1.29, 1.82) is 0 Å². The third-order valence-corrected chi connectivity index (χ3v) is 3.86. The van der Waals surface area contributed by atoms with Crippen molar-refractivity contribution in [1.82, 2.24) is 5.32 Å². The standard InChI is InChI=1S/C16H15ClFN/c17-14-8-11(6-7-15(14)18)10-19-16-9-13(16)12-4-2-1-3-5-12/h1-8,13,16,19H,9-10H2. The minimum absolute atomic E-state index is 0.190. The lowest BCUT2D eigenvalue weighted by Crippen LogP contribution is -2.17. The molecule has 3 rings (SSSR count). The van der Waals surface area contributed by atoms with Gasteiger partial charge < -0.3 is 5.32 Å². The molecule has 2 unspecified atom stereocenters. The highest BCUT2D eigenvalue weighted by molar-refractivity contribution is 6.30. The molecular weight excluding hydrogens is 261 g/mol. The number of hydrogen-bond donors (Lipinski definition) is 1. The molecule has 98 valence electrons. The summed E-state index contributed by atoms with van der Waals surface area (Å²) in [6.45, 7) is 0.730. The molecule has 1 aliphatic rings. The van der Waals surface area contributed by atoms with Crippen LogP contribution in [0.5, 0.6) is 0 Å². The van der Waals surface area contributed by atoms with Gasteiger partial charge in [-0.2, -0.15) is 0 Å². The second-order valence-electron chi connectivity index (χ2n) is 4.99. The Hall–Kier alpha value is -1.38. The van der Waals surface area contributed by atoms with Gasteiger partial charge in [-0.25, -0.2) is 4.39 Å². The minimum atomic E-state index is -0.362. The zero-order valence-corrected chi connectivity index (χ0v) is 11.2. The van der Waals surface area contributed by atoms with Crippen molar-refractivity contribution in [2.75, 3.05) is 0 Å². The van der Waals surface area contributed by atoms with Gasteiger partial charge in [0.05, 0.1) is 5.02 Å². The Morgan fingerprint density at radius 1 is 1.16 bits per heavy atom. The molecule has 0 bridgehead atoms. The maximum absolute atomic E-state index is 13.0. The zero-order valence-electron chi connectivity index (χ0n) is 10.4. The second kappa shape index (κ2) is 5.32. The second-order valence-corrected chi connectivity index (χ2v) is 5.40. The Morgan fingerprint density at radius 2 is 1.95 bits per heavy atom. The van der Waals surface area contributed by atoms with Gasteiger partial charge in [-0.1, -0.05) is 48.0 Å². The third kappa shape index (κ3) is 2.96. The highest BCUT2D eigenvalue weighted by Crippen LogP contribution is 2.40. The Labute approximate surface area is 117 Å². The average Bonchev–Trinajstić information content (AvgIpc) is 3.21. The molecule has 2 aromatic rings. The quantitative estimate of drug-likeness (QED) is 0.885. The van der Waals surface area contributed by atoms with Crippen LogP contribution in [0.2, 0.25) is 5.02 Å². The lowest BCUT2D eigenvalue weighted by molar-refractivity contribution is 0.624. The number of benzene rings is 2. The van der Waals surface area contributed by atoms with Gasteiger partial charge in [0.25, 0.3) is 0 Å². The summed E-state index contributed by atoms with van der Waals surface area (Å²) in [4.78, 5) is 0. The van der Waals surface area contributed by atoms with Crippen LogP contribution in [0.15, 0.2) is 48.5 Å². The molecular formula is C16H15ClFN. The third-order valence-electron chi connectivity index (χ3n) is 3.57. The summed E-state index contributed by atoms with van der Waals surface area (Å²) >= 11 is 5.77. The van der Waals surface area contributed by atoms with Crippen LogP contribution in [0.3, 0.4) is 0 Å². The molecule has 3 heteroatoms. The van der Waals surface area contributed by atoms with E-state index in [-0.39, 0.29) is 10.8 Å². The molecule has 1 N–H and O–H groups in total. The van der Waals surface area contributed by atoms with Crippen LogP contribution in [0, 0.1) is 5.82 Å². The summed E-state index contributed by atoms with van der Waals surface area (Å²) in [6, 6.07) is 15.9. The monoisotopic (exact) mass is 275 g/mol. The molecule has 1 saturated carbocycles. The summed E-state index contributed by atoms with van der Waals surface area (Å²) in [5, 5.41) is 3.68. The van der Waals surface area contributed by atoms with E-state index in [9.17, 15) is 4.39 Å². The molecule has 0 heterocycles. The average molecular weight is 276 g/mol. The fraction of sp³-hybridized carbons (Fsp3) is 0.250. The van der Waals surface area contributed by atoms with E-state index in [1.807, 2.05) is 6.07 Å². The smallest absolute Gasteiger partial charge is 0.141 e. The highest BCUT2D eigenvalue weighted by atomic mass is 35.5. The van der Waals surface area contributed by atoms with Gasteiger partial charge in [-0.15, -0.1) is 0 Å². The van der Waals surface area contributed by atoms with Gasteiger partial charge in [0, 0.05) is 18.5 Å². The van der Waals surface area contributed by atoms with Crippen molar-refractivity contribution in [2.45, 2.75) is 24.9 Å². The molecule has 0 aromatic heterocycles. The van der Waals surface area contributed by atoms with Crippen molar-refractivity contribution in [3.8, 4) is 0 Å². The molecule has 2 aromatic carbocycles. The van der Waals surface area contributed by atoms with E-state index in [0.29, 0.717) is 12.0 Å².